The smallest absolute Gasteiger partial charge is 0.204 e. The van der Waals surface area contributed by atoms with Gasteiger partial charge in [0, 0.05) is 5.56 Å². The number of allylic oxidation sites excluding steroid dienone is 2. The maximum atomic E-state index is 4.66. The van der Waals surface area contributed by atoms with Crippen LogP contribution >= 0.6 is 11.3 Å². The summed E-state index contributed by atoms with van der Waals surface area (Å²) in [5, 5.41) is 5.45. The number of anilines is 1. The molecule has 0 radical (unpaired) electrons. The topological polar surface area (TPSA) is 37.3 Å². The van der Waals surface area contributed by atoms with Crippen LogP contribution in [0.25, 0.3) is 15.8 Å². The molecule has 0 saturated heterocycles. The van der Waals surface area contributed by atoms with E-state index < -0.39 is 0 Å². The van der Waals surface area contributed by atoms with E-state index in [9.17, 15) is 0 Å². The fourth-order valence-corrected chi connectivity index (χ4v) is 3.62. The van der Waals surface area contributed by atoms with Crippen LogP contribution in [0.2, 0.25) is 0 Å². The molecule has 3 aromatic carbocycles. The number of thiazole rings is 1. The Morgan fingerprint density at radius 3 is 2.19 bits per heavy atom. The fraction of sp³-hybridized carbons (Fsp3) is 0.0435. The van der Waals surface area contributed by atoms with Gasteiger partial charge >= 0.3 is 0 Å². The second-order valence-electron chi connectivity index (χ2n) is 6.15. The molecule has 3 nitrogen and oxygen atoms in total. The number of hydrazone groups is 1. The monoisotopic (exact) mass is 369 g/mol. The van der Waals surface area contributed by atoms with Gasteiger partial charge < -0.3 is 0 Å². The molecule has 132 valence electrons. The number of para-hydroxylation sites is 1. The van der Waals surface area contributed by atoms with Crippen molar-refractivity contribution >= 4 is 38.0 Å². The highest BCUT2D eigenvalue weighted by Crippen LogP contribution is 2.25. The first-order chi connectivity index (χ1) is 13.3. The summed E-state index contributed by atoms with van der Waals surface area (Å²) in [4.78, 5) is 4.60. The zero-order valence-electron chi connectivity index (χ0n) is 15.0. The molecular weight excluding hydrogens is 350 g/mol. The van der Waals surface area contributed by atoms with E-state index in [1.165, 1.54) is 5.56 Å². The van der Waals surface area contributed by atoms with Crippen LogP contribution in [0.4, 0.5) is 5.13 Å². The zero-order valence-corrected chi connectivity index (χ0v) is 15.8. The van der Waals surface area contributed by atoms with Gasteiger partial charge in [-0.1, -0.05) is 84.1 Å². The first-order valence-corrected chi connectivity index (χ1v) is 9.60. The number of benzene rings is 3. The van der Waals surface area contributed by atoms with E-state index in [1.807, 2.05) is 54.6 Å². The summed E-state index contributed by atoms with van der Waals surface area (Å²) in [5.74, 6) is 0. The van der Waals surface area contributed by atoms with E-state index >= 15 is 0 Å². The Labute approximate surface area is 162 Å². The van der Waals surface area contributed by atoms with Crippen molar-refractivity contribution < 1.29 is 0 Å². The van der Waals surface area contributed by atoms with Gasteiger partial charge in [-0.15, -0.1) is 0 Å². The lowest BCUT2D eigenvalue weighted by molar-refractivity contribution is 1.30. The molecule has 0 fully saturated rings. The zero-order chi connectivity index (χ0) is 18.5. The van der Waals surface area contributed by atoms with Crippen LogP contribution in [0.1, 0.15) is 18.1 Å². The lowest BCUT2D eigenvalue weighted by Gasteiger charge is -2.06. The van der Waals surface area contributed by atoms with Gasteiger partial charge in [0.1, 0.15) is 0 Å². The van der Waals surface area contributed by atoms with Crippen LogP contribution in [-0.4, -0.2) is 10.7 Å². The molecule has 4 aromatic rings. The maximum absolute atomic E-state index is 4.66. The first kappa shape index (κ1) is 17.2. The van der Waals surface area contributed by atoms with Crippen LogP contribution in [0, 0.1) is 0 Å². The summed E-state index contributed by atoms with van der Waals surface area (Å²) in [6, 6.07) is 28.6. The third-order valence-electron chi connectivity index (χ3n) is 4.22. The Bertz CT molecular complexity index is 1060. The molecule has 0 aliphatic rings. The average molecular weight is 369 g/mol. The maximum Gasteiger partial charge on any atom is 0.204 e. The number of fused-ring (bicyclic) bond motifs is 1. The number of nitrogens with one attached hydrogen (secondary N) is 1. The summed E-state index contributed by atoms with van der Waals surface area (Å²) in [7, 11) is 0. The second-order valence-corrected chi connectivity index (χ2v) is 7.19. The van der Waals surface area contributed by atoms with Crippen molar-refractivity contribution in [3.63, 3.8) is 0 Å². The standard InChI is InChI=1S/C23H19N3S/c1-17(18-10-4-2-5-11-18)16-21(19-12-6-3-7-13-19)25-26-23-24-20-14-8-9-15-22(20)27-23/h2-16H,1H3,(H,24,26)/b17-16-,25-21+. The SMILES string of the molecule is C/C(=C/C(=N\Nc1nc2ccccc2s1)c1ccccc1)c1ccccc1. The molecular formula is C23H19N3S. The molecule has 0 bridgehead atoms. The predicted octanol–water partition coefficient (Wildman–Crippen LogP) is 6.22. The number of aromatic nitrogens is 1. The highest BCUT2D eigenvalue weighted by Gasteiger charge is 2.05. The van der Waals surface area contributed by atoms with Crippen molar-refractivity contribution in [2.75, 3.05) is 5.43 Å². The molecule has 0 unspecified atom stereocenters. The van der Waals surface area contributed by atoms with E-state index in [-0.39, 0.29) is 0 Å². The molecule has 0 saturated carbocycles. The van der Waals surface area contributed by atoms with Crippen molar-refractivity contribution in [3.05, 3.63) is 102 Å². The van der Waals surface area contributed by atoms with Gasteiger partial charge in [0.2, 0.25) is 5.13 Å². The molecule has 0 spiro atoms. The Morgan fingerprint density at radius 1 is 0.852 bits per heavy atom. The Morgan fingerprint density at radius 2 is 1.48 bits per heavy atom. The van der Waals surface area contributed by atoms with Crippen molar-refractivity contribution in [1.29, 1.82) is 0 Å². The number of hydrogen-bond acceptors (Lipinski definition) is 4. The molecule has 0 aliphatic carbocycles. The van der Waals surface area contributed by atoms with Crippen LogP contribution in [0.3, 0.4) is 0 Å². The van der Waals surface area contributed by atoms with E-state index in [4.69, 9.17) is 0 Å². The van der Waals surface area contributed by atoms with Gasteiger partial charge in [0.15, 0.2) is 0 Å². The second kappa shape index (κ2) is 7.98. The molecule has 1 heterocycles. The van der Waals surface area contributed by atoms with E-state index in [1.54, 1.807) is 11.3 Å². The highest BCUT2D eigenvalue weighted by atomic mass is 32.1. The van der Waals surface area contributed by atoms with Crippen LogP contribution in [-0.2, 0) is 0 Å². The minimum absolute atomic E-state index is 0.787. The lowest BCUT2D eigenvalue weighted by atomic mass is 10.0. The van der Waals surface area contributed by atoms with Crippen LogP contribution < -0.4 is 5.43 Å². The summed E-state index contributed by atoms with van der Waals surface area (Å²) in [6.07, 6.45) is 2.10. The summed E-state index contributed by atoms with van der Waals surface area (Å²) >= 11 is 1.60. The Kier molecular flexibility index (Phi) is 5.08. The normalized spacial score (nSPS) is 12.3. The molecule has 0 atom stereocenters. The largest absolute Gasteiger partial charge is 0.252 e. The van der Waals surface area contributed by atoms with Gasteiger partial charge in [0.05, 0.1) is 15.9 Å². The quantitative estimate of drug-likeness (QED) is 0.335. The lowest BCUT2D eigenvalue weighted by Crippen LogP contribution is -2.02. The van der Waals surface area contributed by atoms with Crippen molar-refractivity contribution in [2.45, 2.75) is 6.92 Å². The molecule has 27 heavy (non-hydrogen) atoms. The molecule has 4 heteroatoms. The van der Waals surface area contributed by atoms with Gasteiger partial charge in [-0.2, -0.15) is 5.10 Å². The molecule has 1 aromatic heterocycles. The number of rotatable bonds is 5. The van der Waals surface area contributed by atoms with Crippen molar-refractivity contribution in [3.8, 4) is 0 Å². The molecule has 0 aliphatic heterocycles. The van der Waals surface area contributed by atoms with Crippen molar-refractivity contribution in [1.82, 2.24) is 4.98 Å². The van der Waals surface area contributed by atoms with Gasteiger partial charge in [0.25, 0.3) is 0 Å². The van der Waals surface area contributed by atoms with Gasteiger partial charge in [-0.25, -0.2) is 4.98 Å². The average Bonchev–Trinajstić information content (AvgIpc) is 3.15. The van der Waals surface area contributed by atoms with E-state index in [0.717, 1.165) is 32.2 Å². The number of hydrogen-bond donors (Lipinski definition) is 1. The Hall–Kier alpha value is -3.24. The van der Waals surface area contributed by atoms with Crippen molar-refractivity contribution in [2.24, 2.45) is 5.10 Å². The van der Waals surface area contributed by atoms with Gasteiger partial charge in [-0.05, 0) is 36.3 Å². The number of nitrogens with zero attached hydrogens (tertiary/aromatic N) is 2. The minimum Gasteiger partial charge on any atom is -0.252 e. The fourth-order valence-electron chi connectivity index (χ4n) is 2.81. The third kappa shape index (κ3) is 4.13. The third-order valence-corrected chi connectivity index (χ3v) is 5.16. The molecule has 0 amide bonds. The predicted molar refractivity (Wildman–Crippen MR) is 116 cm³/mol. The molecule has 1 N–H and O–H groups in total. The summed E-state index contributed by atoms with van der Waals surface area (Å²) in [5.41, 5.74) is 8.39. The van der Waals surface area contributed by atoms with Crippen LogP contribution in [0.15, 0.2) is 96.1 Å². The summed E-state index contributed by atoms with van der Waals surface area (Å²) < 4.78 is 1.15. The van der Waals surface area contributed by atoms with E-state index in [0.29, 0.717) is 0 Å². The van der Waals surface area contributed by atoms with Gasteiger partial charge in [-0.3, -0.25) is 5.43 Å². The first-order valence-electron chi connectivity index (χ1n) is 8.78. The van der Waals surface area contributed by atoms with E-state index in [2.05, 4.69) is 58.8 Å². The minimum atomic E-state index is 0.787. The molecule has 4 rings (SSSR count). The highest BCUT2D eigenvalue weighted by molar-refractivity contribution is 7.22. The van der Waals surface area contributed by atoms with Crippen LogP contribution in [0.5, 0.6) is 0 Å². The summed E-state index contributed by atoms with van der Waals surface area (Å²) in [6.45, 7) is 2.10. The Balaban J connectivity index is 1.68.